The topological polar surface area (TPSA) is 37.0 Å². The predicted molar refractivity (Wildman–Crippen MR) is 69.2 cm³/mol. The second kappa shape index (κ2) is 6.33. The van der Waals surface area contributed by atoms with Gasteiger partial charge in [0, 0.05) is 17.6 Å². The summed E-state index contributed by atoms with van der Waals surface area (Å²) in [5, 5.41) is 6.87. The van der Waals surface area contributed by atoms with Crippen LogP contribution in [0.1, 0.15) is 30.7 Å². The molecule has 0 aromatic carbocycles. The van der Waals surface area contributed by atoms with E-state index in [0.717, 1.165) is 42.0 Å². The largest absolute Gasteiger partial charge is 0.311 e. The summed E-state index contributed by atoms with van der Waals surface area (Å²) in [6, 6.07) is 4.17. The highest BCUT2D eigenvalue weighted by Crippen LogP contribution is 2.13. The van der Waals surface area contributed by atoms with E-state index in [1.54, 1.807) is 0 Å². The van der Waals surface area contributed by atoms with Crippen molar-refractivity contribution >= 4 is 15.9 Å². The molecule has 2 N–H and O–H groups in total. The first kappa shape index (κ1) is 12.0. The average Bonchev–Trinajstić information content (AvgIpc) is 2.24. The number of hydrogen-bond acceptors (Lipinski definition) is 3. The quantitative estimate of drug-likeness (QED) is 0.767. The lowest BCUT2D eigenvalue weighted by Gasteiger charge is -2.10. The normalized spacial score (nSPS) is 18.6. The Balaban J connectivity index is 2.08. The molecule has 2 heterocycles. The maximum Gasteiger partial charge on any atom is 0.0556 e. The third-order valence-corrected chi connectivity index (χ3v) is 3.17. The smallest absolute Gasteiger partial charge is 0.0556 e. The molecule has 1 aliphatic rings. The molecule has 0 spiro atoms. The fourth-order valence-electron chi connectivity index (χ4n) is 1.90. The maximum atomic E-state index is 4.61. The number of rotatable bonds is 0. The van der Waals surface area contributed by atoms with Gasteiger partial charge in [-0.2, -0.15) is 0 Å². The molecule has 1 aliphatic heterocycles. The first-order chi connectivity index (χ1) is 7.84. The van der Waals surface area contributed by atoms with E-state index in [1.165, 1.54) is 19.3 Å². The van der Waals surface area contributed by atoms with Crippen molar-refractivity contribution in [3.8, 4) is 0 Å². The molecule has 0 amide bonds. The molecule has 0 aliphatic carbocycles. The van der Waals surface area contributed by atoms with Crippen LogP contribution < -0.4 is 10.6 Å². The number of nitrogens with one attached hydrogen (secondary N) is 2. The highest BCUT2D eigenvalue weighted by molar-refractivity contribution is 9.10. The first-order valence-electron chi connectivity index (χ1n) is 5.91. The van der Waals surface area contributed by atoms with Crippen molar-refractivity contribution in [2.45, 2.75) is 32.4 Å². The zero-order chi connectivity index (χ0) is 11.2. The van der Waals surface area contributed by atoms with Crippen LogP contribution in [-0.4, -0.2) is 18.1 Å². The lowest BCUT2D eigenvalue weighted by atomic mass is 10.2. The summed E-state index contributed by atoms with van der Waals surface area (Å²) < 4.78 is 1.12. The zero-order valence-corrected chi connectivity index (χ0v) is 11.0. The molecule has 2 bridgehead atoms. The summed E-state index contributed by atoms with van der Waals surface area (Å²) in [5.41, 5.74) is 2.23. The van der Waals surface area contributed by atoms with E-state index in [2.05, 4.69) is 43.7 Å². The standard InChI is InChI=1S/C12H18BrN3/c13-10-6-11-8-14-4-2-1-3-5-15-9-12(7-10)16-11/h6-7,14-15H,1-5,8-9H2. The summed E-state index contributed by atoms with van der Waals surface area (Å²) in [6.07, 6.45) is 3.80. The van der Waals surface area contributed by atoms with Gasteiger partial charge in [0.25, 0.3) is 0 Å². The Bertz CT molecular complexity index is 313. The van der Waals surface area contributed by atoms with Gasteiger partial charge in [0.15, 0.2) is 0 Å². The molecule has 0 atom stereocenters. The molecule has 0 fully saturated rings. The zero-order valence-electron chi connectivity index (χ0n) is 9.43. The second-order valence-electron chi connectivity index (χ2n) is 4.18. The molecule has 0 saturated heterocycles. The number of nitrogens with zero attached hydrogens (tertiary/aromatic N) is 1. The molecule has 16 heavy (non-hydrogen) atoms. The van der Waals surface area contributed by atoms with Crippen LogP contribution in [0.2, 0.25) is 0 Å². The molecule has 4 heteroatoms. The molecule has 0 unspecified atom stereocenters. The molecule has 88 valence electrons. The average molecular weight is 284 g/mol. The number of halogens is 1. The lowest BCUT2D eigenvalue weighted by molar-refractivity contribution is 0.556. The number of fused-ring (bicyclic) bond motifs is 2. The van der Waals surface area contributed by atoms with E-state index in [9.17, 15) is 0 Å². The monoisotopic (exact) mass is 283 g/mol. The van der Waals surface area contributed by atoms with E-state index < -0.39 is 0 Å². The maximum absolute atomic E-state index is 4.61. The van der Waals surface area contributed by atoms with Gasteiger partial charge in [-0.05, 0) is 38.1 Å². The Morgan fingerprint density at radius 1 is 0.938 bits per heavy atom. The molecule has 3 nitrogen and oxygen atoms in total. The molecular weight excluding hydrogens is 266 g/mol. The molecule has 1 aromatic rings. The Hall–Kier alpha value is -0.450. The van der Waals surface area contributed by atoms with Crippen LogP contribution in [0.25, 0.3) is 0 Å². The van der Waals surface area contributed by atoms with Crippen LogP contribution in [0.15, 0.2) is 16.6 Å². The number of aromatic nitrogens is 1. The Kier molecular flexibility index (Phi) is 4.75. The van der Waals surface area contributed by atoms with E-state index in [-0.39, 0.29) is 0 Å². The second-order valence-corrected chi connectivity index (χ2v) is 5.10. The fraction of sp³-hybridized carbons (Fsp3) is 0.583. The van der Waals surface area contributed by atoms with Gasteiger partial charge in [0.1, 0.15) is 0 Å². The van der Waals surface area contributed by atoms with Crippen LogP contribution in [0.4, 0.5) is 0 Å². The minimum Gasteiger partial charge on any atom is -0.311 e. The van der Waals surface area contributed by atoms with Gasteiger partial charge in [-0.1, -0.05) is 22.4 Å². The van der Waals surface area contributed by atoms with Crippen molar-refractivity contribution in [2.75, 3.05) is 13.1 Å². The minimum atomic E-state index is 0.867. The minimum absolute atomic E-state index is 0.867. The van der Waals surface area contributed by atoms with Crippen LogP contribution in [-0.2, 0) is 13.1 Å². The fourth-order valence-corrected chi connectivity index (χ4v) is 2.43. The van der Waals surface area contributed by atoms with E-state index in [0.29, 0.717) is 0 Å². The third-order valence-electron chi connectivity index (χ3n) is 2.72. The highest BCUT2D eigenvalue weighted by Gasteiger charge is 2.02. The lowest BCUT2D eigenvalue weighted by Crippen LogP contribution is -2.20. The molecule has 2 rings (SSSR count). The summed E-state index contributed by atoms with van der Waals surface area (Å²) >= 11 is 3.53. The van der Waals surface area contributed by atoms with Gasteiger partial charge in [-0.3, -0.25) is 4.98 Å². The Morgan fingerprint density at radius 3 is 2.06 bits per heavy atom. The van der Waals surface area contributed by atoms with Crippen molar-refractivity contribution in [1.29, 1.82) is 0 Å². The van der Waals surface area contributed by atoms with Gasteiger partial charge >= 0.3 is 0 Å². The van der Waals surface area contributed by atoms with Crippen molar-refractivity contribution in [1.82, 2.24) is 15.6 Å². The number of pyridine rings is 1. The Morgan fingerprint density at radius 2 is 1.50 bits per heavy atom. The van der Waals surface area contributed by atoms with Crippen LogP contribution in [0.5, 0.6) is 0 Å². The van der Waals surface area contributed by atoms with E-state index in [4.69, 9.17) is 0 Å². The molecule has 0 radical (unpaired) electrons. The summed E-state index contributed by atoms with van der Waals surface area (Å²) in [6.45, 7) is 3.91. The van der Waals surface area contributed by atoms with Crippen LogP contribution in [0, 0.1) is 0 Å². The predicted octanol–water partition coefficient (Wildman–Crippen LogP) is 2.21. The molecule has 1 aromatic heterocycles. The van der Waals surface area contributed by atoms with Gasteiger partial charge in [-0.25, -0.2) is 0 Å². The van der Waals surface area contributed by atoms with Gasteiger partial charge in [0.2, 0.25) is 0 Å². The van der Waals surface area contributed by atoms with Crippen molar-refractivity contribution < 1.29 is 0 Å². The Labute approximate surface area is 105 Å². The van der Waals surface area contributed by atoms with Gasteiger partial charge in [0.05, 0.1) is 11.4 Å². The van der Waals surface area contributed by atoms with E-state index in [1.807, 2.05) is 0 Å². The summed E-state index contributed by atoms with van der Waals surface area (Å²) in [4.78, 5) is 4.61. The van der Waals surface area contributed by atoms with Crippen molar-refractivity contribution in [3.05, 3.63) is 28.0 Å². The van der Waals surface area contributed by atoms with Gasteiger partial charge in [-0.15, -0.1) is 0 Å². The van der Waals surface area contributed by atoms with Crippen LogP contribution in [0.3, 0.4) is 0 Å². The van der Waals surface area contributed by atoms with Crippen molar-refractivity contribution in [2.24, 2.45) is 0 Å². The molecule has 0 saturated carbocycles. The number of hydrogen-bond donors (Lipinski definition) is 2. The van der Waals surface area contributed by atoms with Crippen molar-refractivity contribution in [3.63, 3.8) is 0 Å². The first-order valence-corrected chi connectivity index (χ1v) is 6.71. The summed E-state index contributed by atoms with van der Waals surface area (Å²) in [5.74, 6) is 0. The SMILES string of the molecule is Brc1cc2nc(c1)CNCCCCCNC2. The molecular formula is C12H18BrN3. The highest BCUT2D eigenvalue weighted by atomic mass is 79.9. The van der Waals surface area contributed by atoms with Crippen LogP contribution >= 0.6 is 15.9 Å². The van der Waals surface area contributed by atoms with Gasteiger partial charge < -0.3 is 10.6 Å². The van der Waals surface area contributed by atoms with E-state index >= 15 is 0 Å². The third kappa shape index (κ3) is 3.85. The summed E-state index contributed by atoms with van der Waals surface area (Å²) in [7, 11) is 0.